The van der Waals surface area contributed by atoms with Gasteiger partial charge in [-0.3, -0.25) is 9.38 Å². The fourth-order valence-corrected chi connectivity index (χ4v) is 3.80. The number of rotatable bonds is 3. The summed E-state index contributed by atoms with van der Waals surface area (Å²) >= 11 is 0. The minimum absolute atomic E-state index is 0.214. The number of anilines is 2. The Morgan fingerprint density at radius 2 is 1.52 bits per heavy atom. The summed E-state index contributed by atoms with van der Waals surface area (Å²) in [6.07, 6.45) is 5.43. The molecule has 0 unspecified atom stereocenters. The van der Waals surface area contributed by atoms with Gasteiger partial charge in [-0.25, -0.2) is 4.98 Å². The van der Waals surface area contributed by atoms with Gasteiger partial charge in [0.25, 0.3) is 0 Å². The topological polar surface area (TPSA) is 62.5 Å². The molecule has 4 aromatic rings. The molecule has 2 aromatic heterocycles. The molecule has 0 bridgehead atoms. The van der Waals surface area contributed by atoms with Crippen LogP contribution in [0.3, 0.4) is 0 Å². The Hall–Kier alpha value is -3.34. The highest BCUT2D eigenvalue weighted by molar-refractivity contribution is 5.81. The lowest BCUT2D eigenvalue weighted by Gasteiger charge is -2.28. The van der Waals surface area contributed by atoms with E-state index in [2.05, 4.69) is 64.0 Å². The maximum absolute atomic E-state index is 11.1. The summed E-state index contributed by atoms with van der Waals surface area (Å²) in [6, 6.07) is 14.2. The molecule has 2 N–H and O–H groups in total. The summed E-state index contributed by atoms with van der Waals surface area (Å²) in [4.78, 5) is 9.16. The Labute approximate surface area is 183 Å². The number of hydrogen-bond donors (Lipinski definition) is 2. The Morgan fingerprint density at radius 1 is 0.903 bits per heavy atom. The van der Waals surface area contributed by atoms with Crippen molar-refractivity contribution in [3.63, 3.8) is 0 Å². The second-order valence-corrected chi connectivity index (χ2v) is 10.0. The predicted molar refractivity (Wildman–Crippen MR) is 127 cm³/mol. The standard InChI is InChI=1S/C26H30N4O/c1-25(2,3)19-14-17(15-20(23(19)31)26(4,5)6)22-24(28-18-10-8-7-9-11-18)30-13-12-27-16-21(30)29-22/h7-16,28,31H,1-6H3. The van der Waals surface area contributed by atoms with E-state index >= 15 is 0 Å². The lowest BCUT2D eigenvalue weighted by atomic mass is 9.78. The molecule has 4 rings (SSSR count). The van der Waals surface area contributed by atoms with Crippen LogP contribution in [0.15, 0.2) is 61.1 Å². The molecule has 160 valence electrons. The van der Waals surface area contributed by atoms with Crippen molar-refractivity contribution in [2.45, 2.75) is 52.4 Å². The molecule has 2 heterocycles. The molecule has 0 fully saturated rings. The number of aromatic nitrogens is 3. The van der Waals surface area contributed by atoms with Crippen molar-refractivity contribution in [3.05, 3.63) is 72.2 Å². The first-order valence-corrected chi connectivity index (χ1v) is 10.6. The highest BCUT2D eigenvalue weighted by Gasteiger charge is 2.28. The molecule has 0 spiro atoms. The molecule has 0 aliphatic rings. The van der Waals surface area contributed by atoms with Crippen LogP contribution < -0.4 is 5.32 Å². The van der Waals surface area contributed by atoms with Crippen LogP contribution in [-0.2, 0) is 10.8 Å². The number of imidazole rings is 1. The normalized spacial score (nSPS) is 12.3. The molecule has 0 amide bonds. The highest BCUT2D eigenvalue weighted by Crippen LogP contribution is 2.43. The van der Waals surface area contributed by atoms with Gasteiger partial charge in [-0.15, -0.1) is 0 Å². The Balaban J connectivity index is 2.00. The van der Waals surface area contributed by atoms with Gasteiger partial charge in [-0.1, -0.05) is 59.7 Å². The number of nitrogens with one attached hydrogen (secondary N) is 1. The number of hydrogen-bond acceptors (Lipinski definition) is 4. The fraction of sp³-hybridized carbons (Fsp3) is 0.308. The lowest BCUT2D eigenvalue weighted by molar-refractivity contribution is 0.423. The summed E-state index contributed by atoms with van der Waals surface area (Å²) in [6.45, 7) is 12.7. The second kappa shape index (κ2) is 7.41. The summed E-state index contributed by atoms with van der Waals surface area (Å²) in [5.41, 5.74) is 4.93. The monoisotopic (exact) mass is 414 g/mol. The van der Waals surface area contributed by atoms with E-state index in [1.54, 1.807) is 12.4 Å². The second-order valence-electron chi connectivity index (χ2n) is 10.0. The molecule has 0 radical (unpaired) electrons. The van der Waals surface area contributed by atoms with Crippen LogP contribution in [0, 0.1) is 0 Å². The number of phenols is 1. The molecule has 0 aliphatic carbocycles. The minimum atomic E-state index is -0.214. The van der Waals surface area contributed by atoms with E-state index in [9.17, 15) is 5.11 Å². The fourth-order valence-electron chi connectivity index (χ4n) is 3.80. The Kier molecular flexibility index (Phi) is 5.00. The van der Waals surface area contributed by atoms with Crippen molar-refractivity contribution in [1.29, 1.82) is 0 Å². The zero-order valence-corrected chi connectivity index (χ0v) is 19.1. The smallest absolute Gasteiger partial charge is 0.157 e. The SMILES string of the molecule is CC(C)(C)c1cc(-c2nc3cnccn3c2Nc2ccccc2)cc(C(C)(C)C)c1O. The molecule has 0 saturated heterocycles. The molecule has 5 nitrogen and oxygen atoms in total. The predicted octanol–water partition coefficient (Wildman–Crippen LogP) is 6.44. The van der Waals surface area contributed by atoms with Gasteiger partial charge in [0.05, 0.1) is 6.20 Å². The van der Waals surface area contributed by atoms with Crippen molar-refractivity contribution < 1.29 is 5.11 Å². The number of aromatic hydroxyl groups is 1. The average Bonchev–Trinajstić information content (AvgIpc) is 3.06. The van der Waals surface area contributed by atoms with Crippen molar-refractivity contribution in [1.82, 2.24) is 14.4 Å². The van der Waals surface area contributed by atoms with Gasteiger partial charge >= 0.3 is 0 Å². The highest BCUT2D eigenvalue weighted by atomic mass is 16.3. The summed E-state index contributed by atoms with van der Waals surface area (Å²) in [5, 5.41) is 14.7. The molecular weight excluding hydrogens is 384 g/mol. The van der Waals surface area contributed by atoms with Gasteiger partial charge in [0.2, 0.25) is 0 Å². The Bertz CT molecular complexity index is 1190. The van der Waals surface area contributed by atoms with Crippen LogP contribution in [-0.4, -0.2) is 19.5 Å². The molecule has 5 heteroatoms. The number of phenolic OH excluding ortho intramolecular Hbond substituents is 1. The van der Waals surface area contributed by atoms with Gasteiger partial charge in [-0.2, -0.15) is 0 Å². The molecule has 0 saturated carbocycles. The maximum atomic E-state index is 11.1. The van der Waals surface area contributed by atoms with Gasteiger partial charge in [-0.05, 0) is 35.1 Å². The Morgan fingerprint density at radius 3 is 2.10 bits per heavy atom. The van der Waals surface area contributed by atoms with Crippen LogP contribution >= 0.6 is 0 Å². The van der Waals surface area contributed by atoms with Crippen LogP contribution in [0.5, 0.6) is 5.75 Å². The van der Waals surface area contributed by atoms with Gasteiger partial charge in [0, 0.05) is 34.8 Å². The largest absolute Gasteiger partial charge is 0.507 e. The number of para-hydroxylation sites is 1. The van der Waals surface area contributed by atoms with Crippen molar-refractivity contribution in [2.24, 2.45) is 0 Å². The zero-order valence-electron chi connectivity index (χ0n) is 19.1. The minimum Gasteiger partial charge on any atom is -0.507 e. The van der Waals surface area contributed by atoms with Gasteiger partial charge in [0.15, 0.2) is 5.65 Å². The van der Waals surface area contributed by atoms with Crippen LogP contribution in [0.4, 0.5) is 11.5 Å². The third kappa shape index (κ3) is 4.00. The van der Waals surface area contributed by atoms with E-state index in [0.29, 0.717) is 5.75 Å². The van der Waals surface area contributed by atoms with E-state index in [4.69, 9.17) is 4.98 Å². The zero-order chi connectivity index (χ0) is 22.4. The first-order chi connectivity index (χ1) is 14.6. The number of fused-ring (bicyclic) bond motifs is 1. The van der Waals surface area contributed by atoms with E-state index in [-0.39, 0.29) is 10.8 Å². The first-order valence-electron chi connectivity index (χ1n) is 10.6. The summed E-state index contributed by atoms with van der Waals surface area (Å²) in [7, 11) is 0. The summed E-state index contributed by atoms with van der Waals surface area (Å²) < 4.78 is 2.01. The van der Waals surface area contributed by atoms with Crippen molar-refractivity contribution in [3.8, 4) is 17.0 Å². The molecule has 31 heavy (non-hydrogen) atoms. The molecule has 0 aliphatic heterocycles. The lowest BCUT2D eigenvalue weighted by Crippen LogP contribution is -2.17. The summed E-state index contributed by atoms with van der Waals surface area (Å²) in [5.74, 6) is 1.24. The van der Waals surface area contributed by atoms with Crippen LogP contribution in [0.25, 0.3) is 16.9 Å². The van der Waals surface area contributed by atoms with E-state index in [1.165, 1.54) is 0 Å². The van der Waals surface area contributed by atoms with Crippen molar-refractivity contribution >= 4 is 17.2 Å². The van der Waals surface area contributed by atoms with Gasteiger partial charge in [0.1, 0.15) is 17.3 Å². The van der Waals surface area contributed by atoms with E-state index in [1.807, 2.05) is 40.9 Å². The van der Waals surface area contributed by atoms with Crippen LogP contribution in [0.2, 0.25) is 0 Å². The third-order valence-corrected chi connectivity index (χ3v) is 5.47. The first kappa shape index (κ1) is 20.9. The van der Waals surface area contributed by atoms with E-state index < -0.39 is 0 Å². The molecular formula is C26H30N4O. The molecule has 0 atom stereocenters. The number of nitrogens with zero attached hydrogens (tertiary/aromatic N) is 3. The maximum Gasteiger partial charge on any atom is 0.157 e. The quantitative estimate of drug-likeness (QED) is 0.405. The van der Waals surface area contributed by atoms with E-state index in [0.717, 1.165) is 39.5 Å². The number of benzene rings is 2. The molecule has 2 aromatic carbocycles. The van der Waals surface area contributed by atoms with Crippen molar-refractivity contribution in [2.75, 3.05) is 5.32 Å². The van der Waals surface area contributed by atoms with Gasteiger partial charge < -0.3 is 10.4 Å². The van der Waals surface area contributed by atoms with Crippen LogP contribution in [0.1, 0.15) is 52.7 Å². The third-order valence-electron chi connectivity index (χ3n) is 5.47. The average molecular weight is 415 g/mol.